The summed E-state index contributed by atoms with van der Waals surface area (Å²) < 4.78 is 3.95. The first kappa shape index (κ1) is 38.5. The molecule has 296 valence electrons. The molecule has 2 heterocycles. The molecule has 0 saturated heterocycles. The van der Waals surface area contributed by atoms with Crippen LogP contribution < -0.4 is 9.47 Å². The Hall–Kier alpha value is -5.68. The van der Waals surface area contributed by atoms with Crippen LogP contribution in [0.2, 0.25) is 0 Å². The molecule has 1 atom stereocenters. The lowest BCUT2D eigenvalue weighted by Crippen LogP contribution is -2.35. The van der Waals surface area contributed by atoms with Crippen LogP contribution in [0.5, 0.6) is 0 Å². The Morgan fingerprint density at radius 2 is 1.23 bits per heavy atom. The molecule has 4 heteroatoms. The van der Waals surface area contributed by atoms with Crippen molar-refractivity contribution in [2.24, 2.45) is 5.92 Å². The minimum Gasteiger partial charge on any atom is -0.335 e. The molecule has 1 aromatic heterocycles. The van der Waals surface area contributed by atoms with Gasteiger partial charge in [-0.15, -0.1) is 0 Å². The van der Waals surface area contributed by atoms with Gasteiger partial charge in [-0.3, -0.25) is 0 Å². The normalized spacial score (nSPS) is 17.5. The highest BCUT2D eigenvalue weighted by atomic mass is 32.2. The molecule has 6 aromatic carbocycles. The largest absolute Gasteiger partial charge is 0.335 e. The zero-order chi connectivity index (χ0) is 40.1. The third-order valence-electron chi connectivity index (χ3n) is 12.4. The van der Waals surface area contributed by atoms with Gasteiger partial charge in [-0.1, -0.05) is 163 Å². The second-order valence-electron chi connectivity index (χ2n) is 16.5. The van der Waals surface area contributed by atoms with Crippen LogP contribution in [0.3, 0.4) is 0 Å². The van der Waals surface area contributed by atoms with Gasteiger partial charge in [-0.25, -0.2) is 0 Å². The van der Waals surface area contributed by atoms with Crippen molar-refractivity contribution >= 4 is 45.1 Å². The highest BCUT2D eigenvalue weighted by Gasteiger charge is 2.28. The van der Waals surface area contributed by atoms with Crippen LogP contribution in [-0.4, -0.2) is 6.54 Å². The predicted octanol–water partition coefficient (Wildman–Crippen LogP) is 14.7. The van der Waals surface area contributed by atoms with E-state index in [0.29, 0.717) is 5.92 Å². The summed E-state index contributed by atoms with van der Waals surface area (Å²) in [6.45, 7) is 2.01. The lowest BCUT2D eigenvalue weighted by molar-refractivity contribution is -0.669. The fraction of sp³-hybridized carbons (Fsp3) is 0.196. The number of fused-ring (bicyclic) bond motifs is 3. The van der Waals surface area contributed by atoms with Crippen molar-refractivity contribution < 1.29 is 4.57 Å². The van der Waals surface area contributed by atoms with Gasteiger partial charge in [0.15, 0.2) is 6.54 Å². The van der Waals surface area contributed by atoms with Crippen molar-refractivity contribution in [3.05, 3.63) is 214 Å². The van der Waals surface area contributed by atoms with E-state index < -0.39 is 0 Å². The zero-order valence-electron chi connectivity index (χ0n) is 34.2. The number of rotatable bonds is 12. The molecule has 7 aromatic rings. The smallest absolute Gasteiger partial charge is 0.263 e. The van der Waals surface area contributed by atoms with Crippen molar-refractivity contribution in [2.45, 2.75) is 62.8 Å². The molecule has 0 fully saturated rings. The minimum absolute atomic E-state index is 0.641. The summed E-state index contributed by atoms with van der Waals surface area (Å²) in [7, 11) is 0. The van der Waals surface area contributed by atoms with E-state index in [-0.39, 0.29) is 0 Å². The monoisotopic (exact) mass is 815 g/mol. The Kier molecular flexibility index (Phi) is 11.5. The highest BCUT2D eigenvalue weighted by Crippen LogP contribution is 2.49. The van der Waals surface area contributed by atoms with Crippen LogP contribution in [0.15, 0.2) is 203 Å². The van der Waals surface area contributed by atoms with E-state index in [0.717, 1.165) is 51.6 Å². The number of aromatic nitrogens is 1. The maximum Gasteiger partial charge on any atom is 0.263 e. The molecule has 60 heavy (non-hydrogen) atoms. The molecule has 2 nitrogen and oxygen atoms in total. The summed E-state index contributed by atoms with van der Waals surface area (Å²) in [5.41, 5.74) is 15.0. The Balaban J connectivity index is 0.945. The minimum atomic E-state index is 0.641. The Morgan fingerprint density at radius 1 is 0.600 bits per heavy atom. The van der Waals surface area contributed by atoms with E-state index in [4.69, 9.17) is 0 Å². The first-order valence-electron chi connectivity index (χ1n) is 21.8. The molecule has 0 amide bonds. The number of nitrogens with zero attached hydrogens (tertiary/aromatic N) is 2. The molecule has 0 saturated carbocycles. The Bertz CT molecular complexity index is 2720. The standard InChI is InChI=1S/C56H51N2S2/c1-5-15-41(16-6-1)19-13-33-57-51-31-29-48(45-21-9-3-10-22-45)39-53(51)59-55(57)37-43-25-27-47-28-26-44(36-50(47)35-43)38-56-58(34-14-20-42-17-7-2-8-18-42)52-32-30-49(40-54(52)60-56)46-23-11-4-12-24-46/h1-12,15-18,21-24,29-32,35-40,47H,13-14,19-20,25-28,33-34H2/q+1. The van der Waals surface area contributed by atoms with Gasteiger partial charge in [0.2, 0.25) is 5.52 Å². The van der Waals surface area contributed by atoms with Crippen LogP contribution in [0.25, 0.3) is 38.5 Å². The third-order valence-corrected chi connectivity index (χ3v) is 14.6. The van der Waals surface area contributed by atoms with Gasteiger partial charge in [-0.2, -0.15) is 4.57 Å². The average Bonchev–Trinajstić information content (AvgIpc) is 3.82. The number of hydrogen-bond acceptors (Lipinski definition) is 3. The van der Waals surface area contributed by atoms with Gasteiger partial charge in [0, 0.05) is 30.0 Å². The van der Waals surface area contributed by atoms with E-state index in [9.17, 15) is 0 Å². The van der Waals surface area contributed by atoms with E-state index in [2.05, 4.69) is 191 Å². The van der Waals surface area contributed by atoms with Crippen LogP contribution in [-0.2, 0) is 19.4 Å². The quantitative estimate of drug-likeness (QED) is 0.113. The number of allylic oxidation sites excluding steroid dienone is 6. The SMILES string of the molecule is C1=C(/C=C2\Sc3cc(-c4ccccc4)ccc3N2CCCc2ccccc2)CCC2CC/C(=C\c3sc4cc(-c5ccccc5)ccc4[n+]3CCCc3ccccc3)C=C12. The fourth-order valence-corrected chi connectivity index (χ4v) is 11.6. The van der Waals surface area contributed by atoms with Crippen LogP contribution in [0.4, 0.5) is 5.69 Å². The summed E-state index contributed by atoms with van der Waals surface area (Å²) in [5, 5.41) is 2.72. The van der Waals surface area contributed by atoms with Crippen molar-refractivity contribution in [3.63, 3.8) is 0 Å². The maximum absolute atomic E-state index is 2.59. The lowest BCUT2D eigenvalue weighted by Gasteiger charge is -2.29. The van der Waals surface area contributed by atoms with Crippen LogP contribution in [0.1, 0.15) is 54.7 Å². The van der Waals surface area contributed by atoms with Crippen LogP contribution >= 0.6 is 23.1 Å². The molecular weight excluding hydrogens is 765 g/mol. The average molecular weight is 816 g/mol. The summed E-state index contributed by atoms with van der Waals surface area (Å²) >= 11 is 3.89. The van der Waals surface area contributed by atoms with Crippen molar-refractivity contribution in [2.75, 3.05) is 11.4 Å². The number of anilines is 1. The highest BCUT2D eigenvalue weighted by molar-refractivity contribution is 8.03. The molecule has 0 spiro atoms. The second kappa shape index (κ2) is 17.9. The van der Waals surface area contributed by atoms with Gasteiger partial charge >= 0.3 is 0 Å². The maximum atomic E-state index is 2.59. The first-order chi connectivity index (χ1) is 29.7. The molecule has 3 aliphatic rings. The zero-order valence-corrected chi connectivity index (χ0v) is 35.8. The van der Waals surface area contributed by atoms with Crippen molar-refractivity contribution in [1.82, 2.24) is 0 Å². The van der Waals surface area contributed by atoms with Crippen LogP contribution in [0, 0.1) is 5.92 Å². The summed E-state index contributed by atoms with van der Waals surface area (Å²) in [4.78, 5) is 3.95. The Labute approximate surface area is 364 Å². The lowest BCUT2D eigenvalue weighted by atomic mass is 9.77. The number of thiazole rings is 1. The third kappa shape index (κ3) is 8.64. The predicted molar refractivity (Wildman–Crippen MR) is 256 cm³/mol. The first-order valence-corrected chi connectivity index (χ1v) is 23.4. The molecule has 0 bridgehead atoms. The van der Waals surface area contributed by atoms with Crippen molar-refractivity contribution in [3.8, 4) is 22.3 Å². The summed E-state index contributed by atoms with van der Waals surface area (Å²) in [6, 6.07) is 57.6. The summed E-state index contributed by atoms with van der Waals surface area (Å²) in [6.07, 6.45) is 19.2. The van der Waals surface area contributed by atoms with Gasteiger partial charge in [0.1, 0.15) is 4.70 Å². The van der Waals surface area contributed by atoms with Gasteiger partial charge in [-0.05, 0) is 131 Å². The number of thioether (sulfide) groups is 1. The molecule has 1 aliphatic heterocycles. The molecule has 0 N–H and O–H groups in total. The van der Waals surface area contributed by atoms with E-state index >= 15 is 0 Å². The van der Waals surface area contributed by atoms with Crippen molar-refractivity contribution in [1.29, 1.82) is 0 Å². The summed E-state index contributed by atoms with van der Waals surface area (Å²) in [5.74, 6) is 0.641. The Morgan fingerprint density at radius 3 is 1.95 bits per heavy atom. The fourth-order valence-electron chi connectivity index (χ4n) is 9.23. The number of aryl methyl sites for hydroxylation is 3. The van der Waals surface area contributed by atoms with E-state index in [1.54, 1.807) is 0 Å². The number of hydrogen-bond donors (Lipinski definition) is 0. The van der Waals surface area contributed by atoms with E-state index in [1.807, 2.05) is 23.1 Å². The second-order valence-corrected chi connectivity index (χ2v) is 18.6. The molecule has 0 radical (unpaired) electrons. The number of benzene rings is 6. The molecule has 2 aliphatic carbocycles. The van der Waals surface area contributed by atoms with E-state index in [1.165, 1.54) is 93.8 Å². The molecule has 1 unspecified atom stereocenters. The molecule has 10 rings (SSSR count). The van der Waals surface area contributed by atoms with Gasteiger partial charge < -0.3 is 4.90 Å². The van der Waals surface area contributed by atoms with Gasteiger partial charge in [0.05, 0.1) is 10.7 Å². The molecular formula is C56H51N2S2+. The van der Waals surface area contributed by atoms with Gasteiger partial charge in [0.25, 0.3) is 5.01 Å². The topological polar surface area (TPSA) is 7.12 Å².